The number of thioether (sulfide) groups is 1. The molecule has 6 nitrogen and oxygen atoms in total. The first-order valence-electron chi connectivity index (χ1n) is 14.6. The molecule has 1 amide bonds. The van der Waals surface area contributed by atoms with Gasteiger partial charge in [0.1, 0.15) is 5.25 Å². The number of aromatic nitrogens is 1. The summed E-state index contributed by atoms with van der Waals surface area (Å²) < 4.78 is 7.68. The van der Waals surface area contributed by atoms with E-state index < -0.39 is 11.2 Å². The number of thiazole rings is 1. The van der Waals surface area contributed by atoms with E-state index in [9.17, 15) is 14.7 Å². The van der Waals surface area contributed by atoms with Crippen molar-refractivity contribution in [3.05, 3.63) is 24.3 Å². The quantitative estimate of drug-likeness (QED) is 0.105. The van der Waals surface area contributed by atoms with Crippen molar-refractivity contribution < 1.29 is 19.4 Å². The Morgan fingerprint density at radius 1 is 0.974 bits per heavy atom. The van der Waals surface area contributed by atoms with E-state index >= 15 is 0 Å². The van der Waals surface area contributed by atoms with E-state index in [0.29, 0.717) is 23.4 Å². The average Bonchev–Trinajstić information content (AvgIpc) is 3.32. The third kappa shape index (κ3) is 13.9. The number of nitrogens with one attached hydrogen (secondary N) is 1. The molecule has 0 saturated carbocycles. The zero-order valence-electron chi connectivity index (χ0n) is 23.4. The van der Waals surface area contributed by atoms with Gasteiger partial charge in [-0.3, -0.25) is 9.59 Å². The van der Waals surface area contributed by atoms with Gasteiger partial charge in [0.05, 0.1) is 10.2 Å². The van der Waals surface area contributed by atoms with Gasteiger partial charge in [-0.05, 0) is 37.3 Å². The van der Waals surface area contributed by atoms with E-state index in [1.54, 1.807) is 0 Å². The normalized spacial score (nSPS) is 13.0. The molecule has 0 aliphatic carbocycles. The van der Waals surface area contributed by atoms with Gasteiger partial charge in [-0.25, -0.2) is 4.98 Å². The van der Waals surface area contributed by atoms with Crippen LogP contribution in [0.4, 0.5) is 0 Å². The van der Waals surface area contributed by atoms with Crippen LogP contribution in [-0.2, 0) is 14.3 Å². The van der Waals surface area contributed by atoms with Crippen LogP contribution in [0.25, 0.3) is 10.2 Å². The molecule has 8 heteroatoms. The molecule has 0 radical (unpaired) electrons. The van der Waals surface area contributed by atoms with Crippen molar-refractivity contribution in [2.24, 2.45) is 5.92 Å². The summed E-state index contributed by atoms with van der Waals surface area (Å²) in [7, 11) is 0. The van der Waals surface area contributed by atoms with E-state index in [4.69, 9.17) is 4.74 Å². The van der Waals surface area contributed by atoms with Crippen LogP contribution in [0.3, 0.4) is 0 Å². The molecule has 2 aromatic rings. The second kappa shape index (κ2) is 20.3. The van der Waals surface area contributed by atoms with Crippen LogP contribution in [0.1, 0.15) is 104 Å². The molecular weight excluding hydrogens is 516 g/mol. The first-order valence-corrected chi connectivity index (χ1v) is 16.3. The maximum Gasteiger partial charge on any atom is 0.317 e. The van der Waals surface area contributed by atoms with Gasteiger partial charge >= 0.3 is 5.97 Å². The van der Waals surface area contributed by atoms with Gasteiger partial charge in [0.2, 0.25) is 5.91 Å². The van der Waals surface area contributed by atoms with Crippen LogP contribution in [0.5, 0.6) is 0 Å². The zero-order valence-corrected chi connectivity index (χ0v) is 25.1. The van der Waals surface area contributed by atoms with Crippen LogP contribution in [0.15, 0.2) is 28.6 Å². The highest BCUT2D eigenvalue weighted by molar-refractivity contribution is 8.02. The van der Waals surface area contributed by atoms with E-state index in [2.05, 4.69) is 24.1 Å². The number of carbonyl (C=O) groups is 2. The molecule has 0 aliphatic rings. The van der Waals surface area contributed by atoms with Gasteiger partial charge < -0.3 is 15.2 Å². The number of hydrogen-bond acceptors (Lipinski definition) is 6. The Balaban J connectivity index is 1.64. The molecular formula is C30H48N2O4S2. The molecule has 2 rings (SSSR count). The van der Waals surface area contributed by atoms with E-state index in [-0.39, 0.29) is 12.3 Å². The van der Waals surface area contributed by atoms with Crippen LogP contribution in [-0.4, -0.2) is 47.0 Å². The maximum absolute atomic E-state index is 12.4. The lowest BCUT2D eigenvalue weighted by atomic mass is 9.95. The fraction of sp³-hybridized carbons (Fsp3) is 0.700. The highest BCUT2D eigenvalue weighted by atomic mass is 32.2. The Labute approximate surface area is 237 Å². The number of unbranched alkanes of at least 4 members (excludes halogenated alkanes) is 8. The number of carbonyl (C=O) groups excluding carboxylic acids is 1. The summed E-state index contributed by atoms with van der Waals surface area (Å²) in [5.74, 6) is -0.616. The fourth-order valence-electron chi connectivity index (χ4n) is 4.48. The second-order valence-corrected chi connectivity index (χ2v) is 12.6. The van der Waals surface area contributed by atoms with Gasteiger partial charge in [0.15, 0.2) is 4.34 Å². The molecule has 1 aromatic carbocycles. The Kier molecular flexibility index (Phi) is 17.4. The molecule has 1 heterocycles. The molecule has 0 saturated heterocycles. The Hall–Kier alpha value is -1.64. The number of fused-ring (bicyclic) bond motifs is 1. The molecule has 2 atom stereocenters. The van der Waals surface area contributed by atoms with Gasteiger partial charge in [-0.2, -0.15) is 0 Å². The summed E-state index contributed by atoms with van der Waals surface area (Å²) in [4.78, 5) is 28.6. The summed E-state index contributed by atoms with van der Waals surface area (Å²) in [5, 5.41) is 11.6. The lowest BCUT2D eigenvalue weighted by molar-refractivity contribution is -0.138. The summed E-state index contributed by atoms with van der Waals surface area (Å²) >= 11 is 2.60. The third-order valence-corrected chi connectivity index (χ3v) is 9.05. The standard InChI is InChI=1S/C30H48N2O4S2/c1-3-5-7-9-10-12-17-24(16-11-8-6-4-2)23-36-21-15-20-31-28(33)22-27(29(34)35)38-30-32-25-18-13-14-19-26(25)37-30/h13-14,18-19,24,27H,3-12,15-17,20-23H2,1-2H3,(H,31,33)(H,34,35). The number of para-hydroxylation sites is 1. The van der Waals surface area contributed by atoms with Gasteiger partial charge in [-0.15, -0.1) is 11.3 Å². The molecule has 38 heavy (non-hydrogen) atoms. The highest BCUT2D eigenvalue weighted by Gasteiger charge is 2.24. The largest absolute Gasteiger partial charge is 0.480 e. The molecule has 1 aromatic heterocycles. The number of aliphatic carboxylic acids is 1. The topological polar surface area (TPSA) is 88.5 Å². The first-order chi connectivity index (χ1) is 18.5. The van der Waals surface area contributed by atoms with E-state index in [0.717, 1.165) is 35.0 Å². The number of benzene rings is 1. The minimum atomic E-state index is -0.997. The third-order valence-electron chi connectivity index (χ3n) is 6.74. The maximum atomic E-state index is 12.4. The molecule has 0 spiro atoms. The smallest absolute Gasteiger partial charge is 0.317 e. The second-order valence-electron chi connectivity index (χ2n) is 10.1. The number of amides is 1. The Morgan fingerprint density at radius 2 is 1.63 bits per heavy atom. The van der Waals surface area contributed by atoms with Crippen molar-refractivity contribution in [2.75, 3.05) is 19.8 Å². The molecule has 2 N–H and O–H groups in total. The summed E-state index contributed by atoms with van der Waals surface area (Å²) in [6.45, 7) is 6.42. The van der Waals surface area contributed by atoms with Gasteiger partial charge in [-0.1, -0.05) is 102 Å². The number of carboxylic acid groups (broad SMARTS) is 1. The molecule has 0 aliphatic heterocycles. The molecule has 0 fully saturated rings. The lowest BCUT2D eigenvalue weighted by Crippen LogP contribution is -2.30. The highest BCUT2D eigenvalue weighted by Crippen LogP contribution is 2.33. The number of ether oxygens (including phenoxy) is 1. The Morgan fingerprint density at radius 3 is 2.32 bits per heavy atom. The van der Waals surface area contributed by atoms with Gasteiger partial charge in [0.25, 0.3) is 0 Å². The molecule has 2 unspecified atom stereocenters. The number of hydrogen-bond donors (Lipinski definition) is 2. The van der Waals surface area contributed by atoms with Crippen LogP contribution in [0, 0.1) is 5.92 Å². The van der Waals surface area contributed by atoms with Crippen LogP contribution < -0.4 is 5.32 Å². The fourth-order valence-corrected chi connectivity index (χ4v) is 6.72. The van der Waals surface area contributed by atoms with Crippen molar-refractivity contribution in [1.29, 1.82) is 0 Å². The average molecular weight is 565 g/mol. The number of nitrogens with zero attached hydrogens (tertiary/aromatic N) is 1. The minimum Gasteiger partial charge on any atom is -0.480 e. The minimum absolute atomic E-state index is 0.0745. The van der Waals surface area contributed by atoms with Crippen molar-refractivity contribution in [3.63, 3.8) is 0 Å². The van der Waals surface area contributed by atoms with Crippen LogP contribution >= 0.6 is 23.1 Å². The summed E-state index contributed by atoms with van der Waals surface area (Å²) in [6, 6.07) is 7.71. The van der Waals surface area contributed by atoms with Crippen molar-refractivity contribution in [2.45, 2.75) is 113 Å². The van der Waals surface area contributed by atoms with Crippen molar-refractivity contribution >= 4 is 45.2 Å². The lowest BCUT2D eigenvalue weighted by Gasteiger charge is -2.17. The predicted molar refractivity (Wildman–Crippen MR) is 160 cm³/mol. The van der Waals surface area contributed by atoms with E-state index in [1.165, 1.54) is 88.4 Å². The summed E-state index contributed by atoms with van der Waals surface area (Å²) in [5.41, 5.74) is 0.851. The number of carboxylic acids is 1. The SMILES string of the molecule is CCCCCCCCC(CCCCCC)COCCCNC(=O)CC(Sc1nc2ccccc2s1)C(=O)O. The van der Waals surface area contributed by atoms with Gasteiger partial charge in [0, 0.05) is 26.2 Å². The first kappa shape index (κ1) is 32.6. The van der Waals surface area contributed by atoms with Crippen molar-refractivity contribution in [1.82, 2.24) is 10.3 Å². The summed E-state index contributed by atoms with van der Waals surface area (Å²) in [6.07, 6.45) is 16.3. The molecule has 0 bridgehead atoms. The molecule has 214 valence electrons. The monoisotopic (exact) mass is 564 g/mol. The Bertz CT molecular complexity index is 888. The van der Waals surface area contributed by atoms with Crippen molar-refractivity contribution in [3.8, 4) is 0 Å². The predicted octanol–water partition coefficient (Wildman–Crippen LogP) is 8.09. The number of rotatable bonds is 23. The van der Waals surface area contributed by atoms with Crippen LogP contribution in [0.2, 0.25) is 0 Å². The van der Waals surface area contributed by atoms with E-state index in [1.807, 2.05) is 24.3 Å². The zero-order chi connectivity index (χ0) is 27.4.